The smallest absolute Gasteiger partial charge is 0.155 e. The fourth-order valence-electron chi connectivity index (χ4n) is 2.10. The molecule has 0 aliphatic heterocycles. The number of hydrogen-bond acceptors (Lipinski definition) is 3. The summed E-state index contributed by atoms with van der Waals surface area (Å²) in [6, 6.07) is 9.64. The summed E-state index contributed by atoms with van der Waals surface area (Å²) in [6.45, 7) is 6.02. The Morgan fingerprint density at radius 1 is 1.20 bits per heavy atom. The van der Waals surface area contributed by atoms with Gasteiger partial charge in [-0.05, 0) is 56.2 Å². The van der Waals surface area contributed by atoms with Gasteiger partial charge in [0.25, 0.3) is 0 Å². The van der Waals surface area contributed by atoms with Gasteiger partial charge in [-0.1, -0.05) is 22.0 Å². The Kier molecular flexibility index (Phi) is 4.78. The molecule has 0 radical (unpaired) electrons. The van der Waals surface area contributed by atoms with Crippen molar-refractivity contribution in [3.8, 4) is 5.75 Å². The first kappa shape index (κ1) is 15.0. The number of hydrogen-bond donors (Lipinski definition) is 1. The van der Waals surface area contributed by atoms with Crippen molar-refractivity contribution in [1.29, 1.82) is 0 Å². The van der Waals surface area contributed by atoms with Crippen molar-refractivity contribution in [2.45, 2.75) is 32.9 Å². The minimum Gasteiger partial charge on any atom is -0.482 e. The highest BCUT2D eigenvalue weighted by Crippen LogP contribution is 2.29. The lowest BCUT2D eigenvalue weighted by molar-refractivity contribution is 0.175. The molecule has 3 nitrogen and oxygen atoms in total. The fraction of sp³-hybridized carbons (Fsp3) is 0.312. The van der Waals surface area contributed by atoms with E-state index in [4.69, 9.17) is 10.5 Å². The zero-order chi connectivity index (χ0) is 14.7. The molecule has 2 rings (SSSR count). The Morgan fingerprint density at radius 2 is 1.85 bits per heavy atom. The standard InChI is InChI=1S/C16H19BrN2O/c1-10-8-13(9-11(2)15(10)17)20-16(12(3)18)14-6-4-5-7-19-14/h4-9,12,16H,18H2,1-3H3. The molecule has 0 saturated carbocycles. The van der Waals surface area contributed by atoms with Gasteiger partial charge in [0.05, 0.1) is 5.69 Å². The van der Waals surface area contributed by atoms with Crippen molar-refractivity contribution in [3.63, 3.8) is 0 Å². The maximum Gasteiger partial charge on any atom is 0.155 e. The second kappa shape index (κ2) is 6.37. The monoisotopic (exact) mass is 334 g/mol. The number of rotatable bonds is 4. The van der Waals surface area contributed by atoms with Gasteiger partial charge in [0, 0.05) is 16.7 Å². The van der Waals surface area contributed by atoms with Crippen LogP contribution in [0.4, 0.5) is 0 Å². The van der Waals surface area contributed by atoms with E-state index in [1.165, 1.54) is 0 Å². The van der Waals surface area contributed by atoms with E-state index in [-0.39, 0.29) is 12.1 Å². The van der Waals surface area contributed by atoms with Crippen LogP contribution in [0.3, 0.4) is 0 Å². The summed E-state index contributed by atoms with van der Waals surface area (Å²) >= 11 is 3.56. The van der Waals surface area contributed by atoms with Gasteiger partial charge >= 0.3 is 0 Å². The Bertz CT molecular complexity index is 561. The number of halogens is 1. The lowest BCUT2D eigenvalue weighted by Crippen LogP contribution is -2.29. The van der Waals surface area contributed by atoms with Gasteiger partial charge in [-0.25, -0.2) is 0 Å². The number of aromatic nitrogens is 1. The van der Waals surface area contributed by atoms with Crippen molar-refractivity contribution in [2.75, 3.05) is 0 Å². The third kappa shape index (κ3) is 3.38. The van der Waals surface area contributed by atoms with E-state index >= 15 is 0 Å². The number of aryl methyl sites for hydroxylation is 2. The molecule has 2 aromatic rings. The van der Waals surface area contributed by atoms with Gasteiger partial charge in [0.15, 0.2) is 6.10 Å². The number of pyridine rings is 1. The molecule has 4 heteroatoms. The summed E-state index contributed by atoms with van der Waals surface area (Å²) in [5.41, 5.74) is 9.18. The number of nitrogens with zero attached hydrogens (tertiary/aromatic N) is 1. The Balaban J connectivity index is 2.30. The Morgan fingerprint density at radius 3 is 2.35 bits per heavy atom. The van der Waals surface area contributed by atoms with Crippen molar-refractivity contribution < 1.29 is 4.74 Å². The molecule has 0 aliphatic rings. The molecule has 1 aromatic carbocycles. The molecular formula is C16H19BrN2O. The van der Waals surface area contributed by atoms with Crippen LogP contribution in [0.15, 0.2) is 41.0 Å². The average Bonchev–Trinajstić information content (AvgIpc) is 2.42. The first-order chi connectivity index (χ1) is 9.49. The Hall–Kier alpha value is -1.39. The van der Waals surface area contributed by atoms with Crippen LogP contribution >= 0.6 is 15.9 Å². The average molecular weight is 335 g/mol. The van der Waals surface area contributed by atoms with Crippen LogP contribution in [0, 0.1) is 13.8 Å². The number of nitrogens with two attached hydrogens (primary N) is 1. The maximum absolute atomic E-state index is 6.07. The molecule has 1 heterocycles. The SMILES string of the molecule is Cc1cc(OC(c2ccccn2)C(C)N)cc(C)c1Br. The molecule has 0 saturated heterocycles. The molecule has 0 aliphatic carbocycles. The maximum atomic E-state index is 6.07. The minimum absolute atomic E-state index is 0.144. The second-order valence-electron chi connectivity index (χ2n) is 5.02. The van der Waals surface area contributed by atoms with Gasteiger partial charge in [-0.2, -0.15) is 0 Å². The van der Waals surface area contributed by atoms with Gasteiger partial charge in [0.2, 0.25) is 0 Å². The highest BCUT2D eigenvalue weighted by atomic mass is 79.9. The number of ether oxygens (including phenoxy) is 1. The second-order valence-corrected chi connectivity index (χ2v) is 5.82. The first-order valence-electron chi connectivity index (χ1n) is 6.59. The van der Waals surface area contributed by atoms with Crippen LogP contribution in [0.1, 0.15) is 29.8 Å². The molecule has 20 heavy (non-hydrogen) atoms. The van der Waals surface area contributed by atoms with Crippen molar-refractivity contribution in [1.82, 2.24) is 4.98 Å². The predicted octanol–water partition coefficient (Wildman–Crippen LogP) is 3.93. The van der Waals surface area contributed by atoms with Crippen molar-refractivity contribution in [3.05, 3.63) is 57.8 Å². The summed E-state index contributed by atoms with van der Waals surface area (Å²) in [7, 11) is 0. The van der Waals surface area contributed by atoms with Crippen LogP contribution in [0.25, 0.3) is 0 Å². The summed E-state index contributed by atoms with van der Waals surface area (Å²) in [5, 5.41) is 0. The van der Waals surface area contributed by atoms with Crippen LogP contribution in [-0.4, -0.2) is 11.0 Å². The summed E-state index contributed by atoms with van der Waals surface area (Å²) in [4.78, 5) is 4.34. The van der Waals surface area contributed by atoms with Gasteiger partial charge < -0.3 is 10.5 Å². The van der Waals surface area contributed by atoms with Gasteiger partial charge in [0.1, 0.15) is 5.75 Å². The number of benzene rings is 1. The molecular weight excluding hydrogens is 316 g/mol. The summed E-state index contributed by atoms with van der Waals surface area (Å²) < 4.78 is 7.18. The molecule has 2 N–H and O–H groups in total. The largest absolute Gasteiger partial charge is 0.482 e. The lowest BCUT2D eigenvalue weighted by Gasteiger charge is -2.22. The topological polar surface area (TPSA) is 48.1 Å². The Labute approximate surface area is 128 Å². The highest BCUT2D eigenvalue weighted by Gasteiger charge is 2.20. The molecule has 0 spiro atoms. The highest BCUT2D eigenvalue weighted by molar-refractivity contribution is 9.10. The molecule has 2 atom stereocenters. The lowest BCUT2D eigenvalue weighted by atomic mass is 10.1. The molecule has 0 amide bonds. The van der Waals surface area contributed by atoms with E-state index in [9.17, 15) is 0 Å². The summed E-state index contributed by atoms with van der Waals surface area (Å²) in [5.74, 6) is 0.816. The van der Waals surface area contributed by atoms with Crippen LogP contribution < -0.4 is 10.5 Å². The van der Waals surface area contributed by atoms with Crippen LogP contribution in [-0.2, 0) is 0 Å². The molecule has 106 valence electrons. The van der Waals surface area contributed by atoms with Gasteiger partial charge in [-0.15, -0.1) is 0 Å². The van der Waals surface area contributed by atoms with Crippen LogP contribution in [0.2, 0.25) is 0 Å². The van der Waals surface area contributed by atoms with E-state index in [1.54, 1.807) is 6.20 Å². The molecule has 0 fully saturated rings. The zero-order valence-corrected chi connectivity index (χ0v) is 13.5. The zero-order valence-electron chi connectivity index (χ0n) is 11.9. The predicted molar refractivity (Wildman–Crippen MR) is 84.9 cm³/mol. The third-order valence-corrected chi connectivity index (χ3v) is 4.38. The molecule has 0 bridgehead atoms. The van der Waals surface area contributed by atoms with Crippen molar-refractivity contribution >= 4 is 15.9 Å². The van der Waals surface area contributed by atoms with E-state index in [0.29, 0.717) is 0 Å². The van der Waals surface area contributed by atoms with E-state index in [2.05, 4.69) is 20.9 Å². The van der Waals surface area contributed by atoms with E-state index in [0.717, 1.165) is 27.0 Å². The van der Waals surface area contributed by atoms with E-state index in [1.807, 2.05) is 51.1 Å². The van der Waals surface area contributed by atoms with Crippen molar-refractivity contribution in [2.24, 2.45) is 5.73 Å². The third-order valence-electron chi connectivity index (χ3n) is 3.13. The minimum atomic E-state index is -0.254. The molecule has 1 aromatic heterocycles. The van der Waals surface area contributed by atoms with Gasteiger partial charge in [-0.3, -0.25) is 4.98 Å². The first-order valence-corrected chi connectivity index (χ1v) is 7.38. The quantitative estimate of drug-likeness (QED) is 0.921. The summed E-state index contributed by atoms with van der Waals surface area (Å²) in [6.07, 6.45) is 1.50. The van der Waals surface area contributed by atoms with E-state index < -0.39 is 0 Å². The molecule has 2 unspecified atom stereocenters. The van der Waals surface area contributed by atoms with Crippen LogP contribution in [0.5, 0.6) is 5.75 Å². The normalized spacial score (nSPS) is 13.8. The fourth-order valence-corrected chi connectivity index (χ4v) is 2.33.